The molecule has 5 nitrogen and oxygen atoms in total. The quantitative estimate of drug-likeness (QED) is 0.446. The van der Waals surface area contributed by atoms with Gasteiger partial charge in [-0.05, 0) is 54.8 Å². The smallest absolute Gasteiger partial charge is 0.308 e. The molecule has 174 valence electrons. The minimum Gasteiger partial charge on any atom is -0.481 e. The Balaban J connectivity index is 2.00. The Morgan fingerprint density at radius 3 is 2.47 bits per heavy atom. The number of nitrogens with zero attached hydrogens (tertiary/aromatic N) is 1. The van der Waals surface area contributed by atoms with Crippen LogP contribution in [0.3, 0.4) is 0 Å². The largest absolute Gasteiger partial charge is 0.481 e. The first kappa shape index (κ1) is 25.1. The van der Waals surface area contributed by atoms with Gasteiger partial charge in [-0.2, -0.15) is 16.1 Å². The SMILES string of the molecule is CCCCCS[C@@H]1C[C@@H](c2ccc(Cl)cc2)N(S(=O)(=O)c2ccccc2C)C[C@H]1C(=O)O. The summed E-state index contributed by atoms with van der Waals surface area (Å²) in [4.78, 5) is 12.4. The third kappa shape index (κ3) is 5.68. The first-order valence-electron chi connectivity index (χ1n) is 10.9. The molecule has 0 spiro atoms. The van der Waals surface area contributed by atoms with Crippen LogP contribution < -0.4 is 0 Å². The molecule has 3 rings (SSSR count). The average molecular weight is 496 g/mol. The Hall–Kier alpha value is -1.54. The van der Waals surface area contributed by atoms with Crippen molar-refractivity contribution >= 4 is 39.4 Å². The van der Waals surface area contributed by atoms with Gasteiger partial charge in [-0.25, -0.2) is 8.42 Å². The Labute approximate surface area is 200 Å². The van der Waals surface area contributed by atoms with E-state index in [0.717, 1.165) is 30.6 Å². The number of thioether (sulfide) groups is 1. The fourth-order valence-electron chi connectivity index (χ4n) is 4.17. The lowest BCUT2D eigenvalue weighted by Crippen LogP contribution is -2.49. The molecule has 8 heteroatoms. The summed E-state index contributed by atoms with van der Waals surface area (Å²) < 4.78 is 28.9. The predicted octanol–water partition coefficient (Wildman–Crippen LogP) is 5.78. The number of sulfonamides is 1. The molecule has 1 aliphatic heterocycles. The van der Waals surface area contributed by atoms with E-state index < -0.39 is 28.0 Å². The van der Waals surface area contributed by atoms with Crippen LogP contribution in [0.5, 0.6) is 0 Å². The van der Waals surface area contributed by atoms with Crippen molar-refractivity contribution in [2.45, 2.75) is 55.7 Å². The number of rotatable bonds is 9. The number of carbonyl (C=O) groups is 1. The second-order valence-electron chi connectivity index (χ2n) is 8.20. The van der Waals surface area contributed by atoms with Gasteiger partial charge in [0.15, 0.2) is 0 Å². The summed E-state index contributed by atoms with van der Waals surface area (Å²) in [5.41, 5.74) is 1.47. The third-order valence-electron chi connectivity index (χ3n) is 5.96. The number of halogens is 1. The zero-order valence-electron chi connectivity index (χ0n) is 18.4. The second kappa shape index (κ2) is 11.1. The molecule has 1 heterocycles. The van der Waals surface area contributed by atoms with Crippen LogP contribution >= 0.6 is 23.4 Å². The summed E-state index contributed by atoms with van der Waals surface area (Å²) in [6.07, 6.45) is 3.68. The van der Waals surface area contributed by atoms with Gasteiger partial charge >= 0.3 is 5.97 Å². The van der Waals surface area contributed by atoms with E-state index in [1.54, 1.807) is 55.1 Å². The van der Waals surface area contributed by atoms with Crippen LogP contribution in [0.25, 0.3) is 0 Å². The van der Waals surface area contributed by atoms with Gasteiger partial charge < -0.3 is 5.11 Å². The van der Waals surface area contributed by atoms with Gasteiger partial charge in [-0.3, -0.25) is 4.79 Å². The molecule has 1 N–H and O–H groups in total. The molecular formula is C24H30ClNO4S2. The van der Waals surface area contributed by atoms with Crippen LogP contribution in [-0.2, 0) is 14.8 Å². The monoisotopic (exact) mass is 495 g/mol. The van der Waals surface area contributed by atoms with E-state index in [0.29, 0.717) is 17.0 Å². The molecule has 0 saturated carbocycles. The summed E-state index contributed by atoms with van der Waals surface area (Å²) >= 11 is 7.73. The average Bonchev–Trinajstić information content (AvgIpc) is 2.77. The topological polar surface area (TPSA) is 74.7 Å². The van der Waals surface area contributed by atoms with Crippen LogP contribution in [-0.4, -0.2) is 41.3 Å². The van der Waals surface area contributed by atoms with Crippen LogP contribution in [0, 0.1) is 12.8 Å². The van der Waals surface area contributed by atoms with Crippen molar-refractivity contribution in [3.63, 3.8) is 0 Å². The highest BCUT2D eigenvalue weighted by atomic mass is 35.5. The number of carboxylic acids is 1. The number of hydrogen-bond acceptors (Lipinski definition) is 4. The maximum Gasteiger partial charge on any atom is 0.308 e. The zero-order chi connectivity index (χ0) is 23.3. The molecule has 2 aromatic carbocycles. The van der Waals surface area contributed by atoms with E-state index in [9.17, 15) is 18.3 Å². The molecule has 0 unspecified atom stereocenters. The third-order valence-corrected chi connectivity index (χ3v) is 9.72. The van der Waals surface area contributed by atoms with Crippen molar-refractivity contribution < 1.29 is 18.3 Å². The van der Waals surface area contributed by atoms with Gasteiger partial charge in [-0.1, -0.05) is 61.7 Å². The van der Waals surface area contributed by atoms with E-state index in [1.807, 2.05) is 12.1 Å². The number of aliphatic carboxylic acids is 1. The summed E-state index contributed by atoms with van der Waals surface area (Å²) in [7, 11) is -3.89. The standard InChI is InChI=1S/C24H30ClNO4S2/c1-3-4-7-14-31-22-15-21(18-10-12-19(25)13-11-18)26(16-20(22)24(27)28)32(29,30)23-9-6-5-8-17(23)2/h5-6,8-13,20-22H,3-4,7,14-16H2,1-2H3,(H,27,28)/t20-,21+,22-/m1/s1. The van der Waals surface area contributed by atoms with Crippen LogP contribution in [0.2, 0.25) is 5.02 Å². The van der Waals surface area contributed by atoms with Gasteiger partial charge in [0.1, 0.15) is 0 Å². The number of unbranched alkanes of at least 4 members (excludes halogenated alkanes) is 2. The number of carboxylic acid groups (broad SMARTS) is 1. The normalized spacial score (nSPS) is 22.0. The predicted molar refractivity (Wildman–Crippen MR) is 131 cm³/mol. The Bertz CT molecular complexity index is 1030. The first-order chi connectivity index (χ1) is 15.3. The lowest BCUT2D eigenvalue weighted by molar-refractivity contribution is -0.143. The summed E-state index contributed by atoms with van der Waals surface area (Å²) in [6.45, 7) is 3.84. The van der Waals surface area contributed by atoms with Crippen molar-refractivity contribution in [2.24, 2.45) is 5.92 Å². The van der Waals surface area contributed by atoms with Gasteiger partial charge in [0.05, 0.1) is 16.9 Å². The molecule has 0 aromatic heterocycles. The maximum absolute atomic E-state index is 13.7. The molecular weight excluding hydrogens is 466 g/mol. The molecule has 0 bridgehead atoms. The van der Waals surface area contributed by atoms with E-state index in [1.165, 1.54) is 4.31 Å². The van der Waals surface area contributed by atoms with E-state index >= 15 is 0 Å². The molecule has 0 aliphatic carbocycles. The molecule has 1 saturated heterocycles. The maximum atomic E-state index is 13.7. The molecule has 0 amide bonds. The van der Waals surface area contributed by atoms with E-state index in [2.05, 4.69) is 6.92 Å². The summed E-state index contributed by atoms with van der Waals surface area (Å²) in [6, 6.07) is 13.6. The molecule has 2 aromatic rings. The first-order valence-corrected chi connectivity index (χ1v) is 13.8. The summed E-state index contributed by atoms with van der Waals surface area (Å²) in [5, 5.41) is 10.4. The van der Waals surface area contributed by atoms with Crippen molar-refractivity contribution in [1.82, 2.24) is 4.31 Å². The van der Waals surface area contributed by atoms with Crippen molar-refractivity contribution in [3.05, 3.63) is 64.7 Å². The molecule has 1 fully saturated rings. The van der Waals surface area contributed by atoms with E-state index in [4.69, 9.17) is 11.6 Å². The van der Waals surface area contributed by atoms with Crippen molar-refractivity contribution in [3.8, 4) is 0 Å². The molecule has 32 heavy (non-hydrogen) atoms. The highest BCUT2D eigenvalue weighted by Gasteiger charge is 2.45. The number of hydrogen-bond donors (Lipinski definition) is 1. The number of piperidine rings is 1. The minimum absolute atomic E-state index is 0.0509. The molecule has 1 aliphatic rings. The van der Waals surface area contributed by atoms with Crippen molar-refractivity contribution in [1.29, 1.82) is 0 Å². The second-order valence-corrected chi connectivity index (χ2v) is 11.8. The van der Waals surface area contributed by atoms with Crippen LogP contribution in [0.1, 0.15) is 49.8 Å². The zero-order valence-corrected chi connectivity index (χ0v) is 20.8. The van der Waals surface area contributed by atoms with Crippen LogP contribution in [0.4, 0.5) is 0 Å². The lowest BCUT2D eigenvalue weighted by atomic mass is 9.90. The molecule has 0 radical (unpaired) electrons. The fourth-order valence-corrected chi connectivity index (χ4v) is 7.60. The number of benzene rings is 2. The van der Waals surface area contributed by atoms with Crippen molar-refractivity contribution in [2.75, 3.05) is 12.3 Å². The lowest BCUT2D eigenvalue weighted by Gasteiger charge is -2.42. The minimum atomic E-state index is -3.89. The fraction of sp³-hybridized carbons (Fsp3) is 0.458. The highest BCUT2D eigenvalue weighted by molar-refractivity contribution is 7.99. The van der Waals surface area contributed by atoms with Gasteiger partial charge in [0.2, 0.25) is 10.0 Å². The Kier molecular flexibility index (Phi) is 8.67. The van der Waals surface area contributed by atoms with Gasteiger partial charge in [-0.15, -0.1) is 0 Å². The highest BCUT2D eigenvalue weighted by Crippen LogP contribution is 2.43. The van der Waals surface area contributed by atoms with Gasteiger partial charge in [0, 0.05) is 16.8 Å². The molecule has 3 atom stereocenters. The van der Waals surface area contributed by atoms with E-state index in [-0.39, 0.29) is 16.7 Å². The summed E-state index contributed by atoms with van der Waals surface area (Å²) in [5.74, 6) is -0.832. The Morgan fingerprint density at radius 2 is 1.84 bits per heavy atom. The number of aryl methyl sites for hydroxylation is 1. The van der Waals surface area contributed by atoms with Crippen LogP contribution in [0.15, 0.2) is 53.4 Å². The Morgan fingerprint density at radius 1 is 1.16 bits per heavy atom. The van der Waals surface area contributed by atoms with Gasteiger partial charge in [0.25, 0.3) is 0 Å².